The van der Waals surface area contributed by atoms with Gasteiger partial charge < -0.3 is 15.3 Å². The molecule has 0 radical (unpaired) electrons. The molecule has 4 atom stereocenters. The maximum Gasteiger partial charge on any atom is 0.350 e. The number of rotatable bonds is 4. The Bertz CT molecular complexity index is 1260. The van der Waals surface area contributed by atoms with E-state index in [1.807, 2.05) is 18.9 Å². The Hall–Kier alpha value is -2.92. The summed E-state index contributed by atoms with van der Waals surface area (Å²) in [5.74, 6) is 0.206. The molecule has 3 heterocycles. The molecule has 0 unspecified atom stereocenters. The Balaban J connectivity index is 1.42. The molecular weight excluding hydrogens is 433 g/mol. The standard InChI is InChI=1S/C21H24FN7O2S/c1-20-8-21(2,24-9-20)14(22)15(20)29(4)19-27-26-17(32-19)12-6-5-11(7-13(12)30)16-23-10-28(3)18(31)25-16/h5-7,10,14-15,24,30H,8-9H2,1-4H3/t14-,15+,20-,21-/m1/s1. The van der Waals surface area contributed by atoms with Gasteiger partial charge in [0.25, 0.3) is 0 Å². The first-order chi connectivity index (χ1) is 15.1. The van der Waals surface area contributed by atoms with Crippen LogP contribution in [0, 0.1) is 5.41 Å². The summed E-state index contributed by atoms with van der Waals surface area (Å²) in [6.07, 6.45) is 1.13. The summed E-state index contributed by atoms with van der Waals surface area (Å²) in [5.41, 5.74) is -0.123. The molecule has 2 aromatic heterocycles. The van der Waals surface area contributed by atoms with Gasteiger partial charge in [0.2, 0.25) is 5.13 Å². The summed E-state index contributed by atoms with van der Waals surface area (Å²) in [6, 6.07) is 4.60. The van der Waals surface area contributed by atoms with Gasteiger partial charge >= 0.3 is 5.69 Å². The molecule has 2 N–H and O–H groups in total. The second-order valence-corrected chi connectivity index (χ2v) is 10.2. The smallest absolute Gasteiger partial charge is 0.350 e. The Kier molecular flexibility index (Phi) is 4.61. The van der Waals surface area contributed by atoms with Crippen molar-refractivity contribution in [2.75, 3.05) is 18.5 Å². The van der Waals surface area contributed by atoms with E-state index in [1.54, 1.807) is 19.2 Å². The van der Waals surface area contributed by atoms with Crippen molar-refractivity contribution in [1.82, 2.24) is 30.0 Å². The SMILES string of the molecule is CN(c1nnc(-c2ccc(-c3ncn(C)c(=O)n3)cc2O)s1)[C@H]1[C@@H](F)[C@@]2(C)C[C@]1(C)CN2. The fourth-order valence-electron chi connectivity index (χ4n) is 5.10. The van der Waals surface area contributed by atoms with Crippen LogP contribution in [-0.2, 0) is 7.05 Å². The Morgan fingerprint density at radius 1 is 1.34 bits per heavy atom. The van der Waals surface area contributed by atoms with Crippen LogP contribution >= 0.6 is 11.3 Å². The molecule has 3 aromatic rings. The highest BCUT2D eigenvalue weighted by molar-refractivity contribution is 7.18. The van der Waals surface area contributed by atoms with Gasteiger partial charge in [0, 0.05) is 37.2 Å². The molecule has 2 aliphatic rings. The monoisotopic (exact) mass is 457 g/mol. The highest BCUT2D eigenvalue weighted by Gasteiger charge is 2.63. The number of piperidine rings is 1. The van der Waals surface area contributed by atoms with Crippen LogP contribution < -0.4 is 15.9 Å². The van der Waals surface area contributed by atoms with Crippen LogP contribution in [-0.4, -0.2) is 61.2 Å². The van der Waals surface area contributed by atoms with Crippen molar-refractivity contribution in [3.05, 3.63) is 35.0 Å². The number of fused-ring (bicyclic) bond motifs is 2. The van der Waals surface area contributed by atoms with Crippen molar-refractivity contribution in [1.29, 1.82) is 0 Å². The van der Waals surface area contributed by atoms with Gasteiger partial charge in [-0.2, -0.15) is 4.98 Å². The average molecular weight is 458 g/mol. The predicted octanol–water partition coefficient (Wildman–Crippen LogP) is 1.98. The van der Waals surface area contributed by atoms with Gasteiger partial charge in [-0.05, 0) is 25.5 Å². The number of halogens is 1. The minimum Gasteiger partial charge on any atom is -0.507 e. The van der Waals surface area contributed by atoms with Crippen molar-refractivity contribution in [2.45, 2.75) is 38.0 Å². The Morgan fingerprint density at radius 2 is 2.12 bits per heavy atom. The topological polar surface area (TPSA) is 109 Å². The lowest BCUT2D eigenvalue weighted by Gasteiger charge is -2.41. The molecule has 1 aromatic carbocycles. The fraction of sp³-hybridized carbons (Fsp3) is 0.476. The molecule has 32 heavy (non-hydrogen) atoms. The van der Waals surface area contributed by atoms with E-state index >= 15 is 4.39 Å². The van der Waals surface area contributed by atoms with Gasteiger partial charge in [-0.15, -0.1) is 10.2 Å². The number of phenolic OH excluding ortho intramolecular Hbond substituents is 1. The normalized spacial score (nSPS) is 28.9. The second-order valence-electron chi connectivity index (χ2n) is 9.25. The fourth-order valence-corrected chi connectivity index (χ4v) is 5.98. The van der Waals surface area contributed by atoms with Crippen molar-refractivity contribution < 1.29 is 9.50 Å². The highest BCUT2D eigenvalue weighted by atomic mass is 32.1. The molecule has 0 spiro atoms. The summed E-state index contributed by atoms with van der Waals surface area (Å²) < 4.78 is 16.5. The molecule has 1 aliphatic carbocycles. The molecule has 5 rings (SSSR count). The number of nitrogens with zero attached hydrogens (tertiary/aromatic N) is 6. The summed E-state index contributed by atoms with van der Waals surface area (Å²) >= 11 is 1.30. The highest BCUT2D eigenvalue weighted by Crippen LogP contribution is 2.53. The lowest BCUT2D eigenvalue weighted by atomic mass is 9.84. The first-order valence-electron chi connectivity index (χ1n) is 10.3. The summed E-state index contributed by atoms with van der Waals surface area (Å²) in [5, 5.41) is 23.6. The first kappa shape index (κ1) is 21.0. The van der Waals surface area contributed by atoms with Crippen LogP contribution in [0.4, 0.5) is 9.52 Å². The quantitative estimate of drug-likeness (QED) is 0.612. The summed E-state index contributed by atoms with van der Waals surface area (Å²) in [7, 11) is 3.42. The van der Waals surface area contributed by atoms with Crippen molar-refractivity contribution >= 4 is 16.5 Å². The van der Waals surface area contributed by atoms with Crippen LogP contribution in [0.25, 0.3) is 22.0 Å². The van der Waals surface area contributed by atoms with Crippen molar-refractivity contribution in [2.24, 2.45) is 12.5 Å². The predicted molar refractivity (Wildman–Crippen MR) is 119 cm³/mol. The van der Waals surface area contributed by atoms with E-state index in [4.69, 9.17) is 0 Å². The minimum atomic E-state index is -1.02. The lowest BCUT2D eigenvalue weighted by molar-refractivity contribution is 0.140. The van der Waals surface area contributed by atoms with E-state index in [2.05, 4.69) is 32.4 Å². The largest absolute Gasteiger partial charge is 0.507 e. The molecule has 1 aliphatic heterocycles. The zero-order valence-corrected chi connectivity index (χ0v) is 19.0. The number of benzene rings is 1. The molecule has 2 bridgehead atoms. The number of aromatic nitrogens is 5. The second kappa shape index (κ2) is 7.04. The van der Waals surface area contributed by atoms with Gasteiger partial charge in [-0.3, -0.25) is 4.57 Å². The molecule has 11 heteroatoms. The Labute approximate surface area is 188 Å². The van der Waals surface area contributed by atoms with Gasteiger partial charge in [0.05, 0.1) is 11.6 Å². The van der Waals surface area contributed by atoms with Gasteiger partial charge in [-0.25, -0.2) is 14.2 Å². The lowest BCUT2D eigenvalue weighted by Crippen LogP contribution is -2.59. The minimum absolute atomic E-state index is 0.0240. The number of hydrogen-bond donors (Lipinski definition) is 2. The summed E-state index contributed by atoms with van der Waals surface area (Å²) in [6.45, 7) is 4.81. The number of nitrogens with one attached hydrogen (secondary N) is 1. The van der Waals surface area contributed by atoms with Crippen LogP contribution in [0.2, 0.25) is 0 Å². The average Bonchev–Trinajstić information content (AvgIpc) is 3.40. The van der Waals surface area contributed by atoms with Crippen LogP contribution in [0.5, 0.6) is 5.75 Å². The van der Waals surface area contributed by atoms with Gasteiger partial charge in [-0.1, -0.05) is 24.3 Å². The summed E-state index contributed by atoms with van der Waals surface area (Å²) in [4.78, 5) is 21.7. The Morgan fingerprint density at radius 3 is 2.78 bits per heavy atom. The molecule has 1 saturated carbocycles. The zero-order chi connectivity index (χ0) is 22.8. The number of aromatic hydroxyl groups is 1. The van der Waals surface area contributed by atoms with E-state index in [0.29, 0.717) is 21.3 Å². The number of aryl methyl sites for hydroxylation is 1. The third kappa shape index (κ3) is 3.10. The molecule has 168 valence electrons. The number of alkyl halides is 1. The maximum absolute atomic E-state index is 15.3. The molecule has 1 saturated heterocycles. The molecule has 0 amide bonds. The van der Waals surface area contributed by atoms with Crippen molar-refractivity contribution in [3.63, 3.8) is 0 Å². The van der Waals surface area contributed by atoms with Gasteiger partial charge in [0.1, 0.15) is 18.2 Å². The van der Waals surface area contributed by atoms with E-state index in [1.165, 1.54) is 28.3 Å². The first-order valence-corrected chi connectivity index (χ1v) is 11.1. The third-order valence-corrected chi connectivity index (χ3v) is 7.79. The van der Waals surface area contributed by atoms with E-state index < -0.39 is 17.4 Å². The van der Waals surface area contributed by atoms with Crippen LogP contribution in [0.15, 0.2) is 29.3 Å². The van der Waals surface area contributed by atoms with Crippen LogP contribution in [0.1, 0.15) is 20.3 Å². The third-order valence-electron chi connectivity index (χ3n) is 6.74. The van der Waals surface area contributed by atoms with E-state index in [0.717, 1.165) is 13.0 Å². The zero-order valence-electron chi connectivity index (χ0n) is 18.2. The van der Waals surface area contributed by atoms with E-state index in [9.17, 15) is 9.90 Å². The number of anilines is 1. The molecule has 2 fully saturated rings. The van der Waals surface area contributed by atoms with Gasteiger partial charge in [0.15, 0.2) is 10.8 Å². The molecule has 9 nitrogen and oxygen atoms in total. The number of hydrogen-bond acceptors (Lipinski definition) is 9. The number of phenols is 1. The van der Waals surface area contributed by atoms with E-state index in [-0.39, 0.29) is 23.0 Å². The van der Waals surface area contributed by atoms with Crippen LogP contribution in [0.3, 0.4) is 0 Å². The van der Waals surface area contributed by atoms with Crippen molar-refractivity contribution in [3.8, 4) is 27.7 Å². The molecular formula is C21H24FN7O2S. The maximum atomic E-state index is 15.3.